The lowest BCUT2D eigenvalue weighted by molar-refractivity contribution is -0.122. The summed E-state index contributed by atoms with van der Waals surface area (Å²) < 4.78 is 5.28. The molecule has 0 radical (unpaired) electrons. The van der Waals surface area contributed by atoms with Crippen LogP contribution in [0, 0.1) is 11.8 Å². The summed E-state index contributed by atoms with van der Waals surface area (Å²) in [6, 6.07) is 10.0. The summed E-state index contributed by atoms with van der Waals surface area (Å²) in [6.45, 7) is 2.78. The Balaban J connectivity index is 1.25. The molecule has 32 heavy (non-hydrogen) atoms. The van der Waals surface area contributed by atoms with Gasteiger partial charge in [-0.25, -0.2) is 9.78 Å². The van der Waals surface area contributed by atoms with E-state index in [4.69, 9.17) is 9.72 Å². The van der Waals surface area contributed by atoms with E-state index in [1.54, 1.807) is 7.11 Å². The highest BCUT2D eigenvalue weighted by Crippen LogP contribution is 2.28. The van der Waals surface area contributed by atoms with E-state index in [0.29, 0.717) is 24.9 Å². The molecule has 2 fully saturated rings. The third kappa shape index (κ3) is 5.81. The van der Waals surface area contributed by atoms with Crippen LogP contribution in [0.3, 0.4) is 0 Å². The van der Waals surface area contributed by atoms with Crippen LogP contribution < -0.4 is 15.0 Å². The van der Waals surface area contributed by atoms with Crippen molar-refractivity contribution >= 4 is 28.7 Å². The number of fused-ring (bicyclic) bond motifs is 1. The number of rotatable bonds is 9. The first kappa shape index (κ1) is 22.2. The van der Waals surface area contributed by atoms with Crippen molar-refractivity contribution in [1.29, 1.82) is 0 Å². The first-order chi connectivity index (χ1) is 15.5. The Labute approximate surface area is 188 Å². The van der Waals surface area contributed by atoms with Gasteiger partial charge < -0.3 is 20.1 Å². The van der Waals surface area contributed by atoms with Crippen LogP contribution in [0.4, 0.5) is 10.6 Å². The molecule has 2 N–H and O–H groups in total. The van der Waals surface area contributed by atoms with Crippen molar-refractivity contribution in [3.8, 4) is 5.75 Å². The van der Waals surface area contributed by atoms with E-state index >= 15 is 0 Å². The van der Waals surface area contributed by atoms with Crippen molar-refractivity contribution in [2.45, 2.75) is 32.1 Å². The fourth-order valence-corrected chi connectivity index (χ4v) is 4.24. The molecular weight excluding hydrogens is 408 g/mol. The minimum absolute atomic E-state index is 0.0767. The predicted molar refractivity (Wildman–Crippen MR) is 123 cm³/mol. The third-order valence-corrected chi connectivity index (χ3v) is 6.52. The highest BCUT2D eigenvalue weighted by molar-refractivity contribution is 5.82. The zero-order valence-electron chi connectivity index (χ0n) is 18.6. The lowest BCUT2D eigenvalue weighted by Crippen LogP contribution is -2.42. The molecule has 8 nitrogen and oxygen atoms in total. The van der Waals surface area contributed by atoms with Crippen molar-refractivity contribution in [2.75, 3.05) is 44.7 Å². The van der Waals surface area contributed by atoms with Crippen LogP contribution in [0.15, 0.2) is 30.3 Å². The quantitative estimate of drug-likeness (QED) is 0.621. The van der Waals surface area contributed by atoms with Crippen LogP contribution in [0.5, 0.6) is 5.75 Å². The van der Waals surface area contributed by atoms with Gasteiger partial charge in [-0.1, -0.05) is 0 Å². The summed E-state index contributed by atoms with van der Waals surface area (Å²) in [5, 5.41) is 13.4. The summed E-state index contributed by atoms with van der Waals surface area (Å²) in [4.78, 5) is 31.9. The van der Waals surface area contributed by atoms with E-state index in [-0.39, 0.29) is 12.5 Å². The number of carbonyl (C=O) groups is 2. The number of pyridine rings is 1. The van der Waals surface area contributed by atoms with Crippen molar-refractivity contribution in [1.82, 2.24) is 15.2 Å². The number of piperidine rings is 1. The molecule has 4 rings (SSSR count). The second kappa shape index (κ2) is 10.1. The van der Waals surface area contributed by atoms with Gasteiger partial charge in [-0.3, -0.25) is 9.69 Å². The SMILES string of the molecule is COc1ccc2nc(N3CCC(CCN(CC(=O)NCC4CC4)C(=O)O)CC3)ccc2c1. The highest BCUT2D eigenvalue weighted by Gasteiger charge is 2.25. The molecule has 8 heteroatoms. The molecule has 2 heterocycles. The first-order valence-corrected chi connectivity index (χ1v) is 11.5. The minimum Gasteiger partial charge on any atom is -0.497 e. The van der Waals surface area contributed by atoms with Gasteiger partial charge in [0, 0.05) is 31.6 Å². The average molecular weight is 441 g/mol. The Morgan fingerprint density at radius 3 is 2.62 bits per heavy atom. The smallest absolute Gasteiger partial charge is 0.407 e. The average Bonchev–Trinajstić information content (AvgIpc) is 3.64. The van der Waals surface area contributed by atoms with Crippen LogP contribution in [0.2, 0.25) is 0 Å². The second-order valence-electron chi connectivity index (χ2n) is 8.90. The Morgan fingerprint density at radius 2 is 1.94 bits per heavy atom. The van der Waals surface area contributed by atoms with Crippen molar-refractivity contribution in [3.63, 3.8) is 0 Å². The standard InChI is InChI=1S/C24H32N4O4/c1-32-20-5-6-21-19(14-20)4-7-22(26-21)27-11-8-17(9-12-27)10-13-28(24(30)31)16-23(29)25-15-18-2-3-18/h4-7,14,17-18H,2-3,8-13,15-16H2,1H3,(H,25,29)(H,30,31). The molecule has 1 aromatic carbocycles. The van der Waals surface area contributed by atoms with Gasteiger partial charge in [0.15, 0.2) is 0 Å². The molecule has 0 spiro atoms. The van der Waals surface area contributed by atoms with E-state index in [0.717, 1.165) is 67.7 Å². The molecule has 172 valence electrons. The maximum absolute atomic E-state index is 12.0. The summed E-state index contributed by atoms with van der Waals surface area (Å²) >= 11 is 0. The van der Waals surface area contributed by atoms with Gasteiger partial charge in [-0.15, -0.1) is 0 Å². The summed E-state index contributed by atoms with van der Waals surface area (Å²) in [5.41, 5.74) is 0.947. The van der Waals surface area contributed by atoms with E-state index in [1.165, 1.54) is 4.90 Å². The highest BCUT2D eigenvalue weighted by atomic mass is 16.5. The van der Waals surface area contributed by atoms with Gasteiger partial charge in [-0.05, 0) is 74.3 Å². The number of hydrogen-bond acceptors (Lipinski definition) is 5. The molecule has 1 saturated carbocycles. The van der Waals surface area contributed by atoms with Gasteiger partial charge in [0.2, 0.25) is 5.91 Å². The number of nitrogens with one attached hydrogen (secondary N) is 1. The number of methoxy groups -OCH3 is 1. The lowest BCUT2D eigenvalue weighted by atomic mass is 9.93. The van der Waals surface area contributed by atoms with Crippen molar-refractivity contribution < 1.29 is 19.4 Å². The molecule has 2 amide bonds. The summed E-state index contributed by atoms with van der Waals surface area (Å²) in [5.74, 6) is 2.63. The minimum atomic E-state index is -1.03. The number of anilines is 1. The number of aromatic nitrogens is 1. The van der Waals surface area contributed by atoms with Crippen molar-refractivity contribution in [3.05, 3.63) is 30.3 Å². The molecule has 2 aliphatic rings. The molecule has 1 aliphatic heterocycles. The monoisotopic (exact) mass is 440 g/mol. The van der Waals surface area contributed by atoms with Crippen LogP contribution in [-0.4, -0.2) is 66.8 Å². The van der Waals surface area contributed by atoms with Crippen LogP contribution >= 0.6 is 0 Å². The van der Waals surface area contributed by atoms with Crippen LogP contribution in [0.25, 0.3) is 10.9 Å². The number of hydrogen-bond donors (Lipinski definition) is 2. The maximum atomic E-state index is 12.0. The topological polar surface area (TPSA) is 95.0 Å². The van der Waals surface area contributed by atoms with Crippen LogP contribution in [-0.2, 0) is 4.79 Å². The van der Waals surface area contributed by atoms with E-state index in [9.17, 15) is 14.7 Å². The van der Waals surface area contributed by atoms with Crippen LogP contribution in [0.1, 0.15) is 32.1 Å². The van der Waals surface area contributed by atoms with Gasteiger partial charge >= 0.3 is 6.09 Å². The number of benzene rings is 1. The van der Waals surface area contributed by atoms with Crippen molar-refractivity contribution in [2.24, 2.45) is 11.8 Å². The van der Waals surface area contributed by atoms with Gasteiger partial charge in [0.1, 0.15) is 18.1 Å². The largest absolute Gasteiger partial charge is 0.497 e. The zero-order chi connectivity index (χ0) is 22.5. The third-order valence-electron chi connectivity index (χ3n) is 6.52. The molecule has 0 atom stereocenters. The summed E-state index contributed by atoms with van der Waals surface area (Å²) in [6.07, 6.45) is 4.05. The van der Waals surface area contributed by atoms with E-state index < -0.39 is 6.09 Å². The fourth-order valence-electron chi connectivity index (χ4n) is 4.24. The maximum Gasteiger partial charge on any atom is 0.407 e. The van der Waals surface area contributed by atoms with Gasteiger partial charge in [-0.2, -0.15) is 0 Å². The molecular formula is C24H32N4O4. The normalized spacial score (nSPS) is 16.7. The Kier molecular flexibility index (Phi) is 6.97. The first-order valence-electron chi connectivity index (χ1n) is 11.5. The van der Waals surface area contributed by atoms with E-state index in [1.807, 2.05) is 18.2 Å². The lowest BCUT2D eigenvalue weighted by Gasteiger charge is -2.33. The Hall–Kier alpha value is -3.03. The van der Waals surface area contributed by atoms with E-state index in [2.05, 4.69) is 22.3 Å². The number of amides is 2. The van der Waals surface area contributed by atoms with Gasteiger partial charge in [0.05, 0.1) is 12.6 Å². The zero-order valence-corrected chi connectivity index (χ0v) is 18.6. The van der Waals surface area contributed by atoms with Gasteiger partial charge in [0.25, 0.3) is 0 Å². The molecule has 2 aromatic rings. The number of carboxylic acid groups (broad SMARTS) is 1. The predicted octanol–water partition coefficient (Wildman–Crippen LogP) is 3.36. The number of carbonyl (C=O) groups excluding carboxylic acids is 1. The number of nitrogens with zero attached hydrogens (tertiary/aromatic N) is 3. The Bertz CT molecular complexity index is 954. The molecule has 1 aromatic heterocycles. The Morgan fingerprint density at radius 1 is 1.16 bits per heavy atom. The second-order valence-corrected chi connectivity index (χ2v) is 8.90. The number of ether oxygens (including phenoxy) is 1. The molecule has 1 aliphatic carbocycles. The summed E-state index contributed by atoms with van der Waals surface area (Å²) in [7, 11) is 1.66. The molecule has 1 saturated heterocycles. The fraction of sp³-hybridized carbons (Fsp3) is 0.542. The molecule has 0 bridgehead atoms. The molecule has 0 unspecified atom stereocenters.